The molecule has 1 amide bonds. The highest BCUT2D eigenvalue weighted by Gasteiger charge is 2.31. The van der Waals surface area contributed by atoms with Crippen LogP contribution in [0.25, 0.3) is 6.08 Å². The molecule has 0 spiro atoms. The average molecular weight is 361 g/mol. The van der Waals surface area contributed by atoms with E-state index in [1.54, 1.807) is 25.2 Å². The smallest absolute Gasteiger partial charge is 0.276 e. The van der Waals surface area contributed by atoms with Crippen LogP contribution >= 0.6 is 23.1 Å². The highest BCUT2D eigenvalue weighted by Crippen LogP contribution is 2.34. The molecular weight excluding hydrogens is 350 g/mol. The third-order valence-electron chi connectivity index (χ3n) is 3.13. The van der Waals surface area contributed by atoms with Crippen molar-refractivity contribution in [1.29, 1.82) is 0 Å². The zero-order valence-electron chi connectivity index (χ0n) is 12.7. The molecule has 1 aromatic carbocycles. The van der Waals surface area contributed by atoms with E-state index in [-0.39, 0.29) is 11.6 Å². The van der Waals surface area contributed by atoms with Gasteiger partial charge in [0.15, 0.2) is 5.17 Å². The summed E-state index contributed by atoms with van der Waals surface area (Å²) in [4.78, 5) is 29.0. The van der Waals surface area contributed by atoms with Gasteiger partial charge in [-0.05, 0) is 30.8 Å². The minimum Gasteiger partial charge on any atom is -0.289 e. The van der Waals surface area contributed by atoms with E-state index in [1.165, 1.54) is 28.4 Å². The maximum Gasteiger partial charge on any atom is 0.276 e. The fourth-order valence-corrected chi connectivity index (χ4v) is 3.56. The number of hydrogen-bond donors (Lipinski definition) is 0. The van der Waals surface area contributed by atoms with E-state index in [0.717, 1.165) is 16.8 Å². The van der Waals surface area contributed by atoms with E-state index in [2.05, 4.69) is 15.2 Å². The highest BCUT2D eigenvalue weighted by atomic mass is 32.2. The van der Waals surface area contributed by atoms with Crippen LogP contribution in [0.3, 0.4) is 0 Å². The molecular formula is C14H11N5O3S2. The Morgan fingerprint density at radius 2 is 2.08 bits per heavy atom. The molecule has 2 aromatic rings. The van der Waals surface area contributed by atoms with Crippen LogP contribution in [0, 0.1) is 17.0 Å². The van der Waals surface area contributed by atoms with Crippen molar-refractivity contribution in [3.8, 4) is 0 Å². The average Bonchev–Trinajstić information content (AvgIpc) is 3.07. The number of hydrogen-bond acceptors (Lipinski definition) is 8. The van der Waals surface area contributed by atoms with E-state index in [1.807, 2.05) is 6.92 Å². The Morgan fingerprint density at radius 1 is 1.33 bits per heavy atom. The van der Waals surface area contributed by atoms with Crippen molar-refractivity contribution in [1.82, 2.24) is 15.1 Å². The van der Waals surface area contributed by atoms with Crippen LogP contribution in [0.4, 0.5) is 10.8 Å². The van der Waals surface area contributed by atoms with Crippen LogP contribution in [-0.4, -0.2) is 38.1 Å². The molecule has 0 unspecified atom stereocenters. The van der Waals surface area contributed by atoms with Crippen LogP contribution in [0.15, 0.2) is 34.2 Å². The Hall–Kier alpha value is -2.59. The van der Waals surface area contributed by atoms with Crippen molar-refractivity contribution in [2.45, 2.75) is 6.92 Å². The van der Waals surface area contributed by atoms with Gasteiger partial charge in [-0.1, -0.05) is 23.5 Å². The lowest BCUT2D eigenvalue weighted by atomic mass is 10.1. The normalized spacial score (nSPS) is 17.9. The summed E-state index contributed by atoms with van der Waals surface area (Å²) in [5.41, 5.74) is 0.325. The molecule has 1 aliphatic rings. The fraction of sp³-hybridized carbons (Fsp3) is 0.143. The Balaban J connectivity index is 1.95. The van der Waals surface area contributed by atoms with Crippen LogP contribution in [0.2, 0.25) is 0 Å². The van der Waals surface area contributed by atoms with Crippen LogP contribution in [0.1, 0.15) is 10.6 Å². The predicted molar refractivity (Wildman–Crippen MR) is 93.2 cm³/mol. The SMILES string of the molecule is Cc1nnc(/N=C2/S/C(=C\c3ccccc3[N+](=O)[O-])C(=O)N2C)s1. The number of nitro groups is 1. The van der Waals surface area contributed by atoms with Gasteiger partial charge in [0, 0.05) is 13.1 Å². The molecule has 3 rings (SSSR count). The maximum absolute atomic E-state index is 12.4. The third kappa shape index (κ3) is 3.19. The van der Waals surface area contributed by atoms with Gasteiger partial charge in [0.2, 0.25) is 5.13 Å². The fourth-order valence-electron chi connectivity index (χ4n) is 1.98. The summed E-state index contributed by atoms with van der Waals surface area (Å²) in [5, 5.41) is 20.6. The van der Waals surface area contributed by atoms with Gasteiger partial charge in [0.05, 0.1) is 15.4 Å². The number of rotatable bonds is 3. The first-order valence-corrected chi connectivity index (χ1v) is 8.39. The zero-order valence-corrected chi connectivity index (χ0v) is 14.3. The summed E-state index contributed by atoms with van der Waals surface area (Å²) in [7, 11) is 1.60. The van der Waals surface area contributed by atoms with Gasteiger partial charge in [0.25, 0.3) is 11.6 Å². The third-order valence-corrected chi connectivity index (χ3v) is 4.92. The van der Waals surface area contributed by atoms with Gasteiger partial charge in [0.1, 0.15) is 5.01 Å². The molecule has 122 valence electrons. The molecule has 0 aliphatic carbocycles. The predicted octanol–water partition coefficient (Wildman–Crippen LogP) is 2.99. The molecule has 1 aromatic heterocycles. The van der Waals surface area contributed by atoms with E-state index >= 15 is 0 Å². The number of aryl methyl sites for hydroxylation is 1. The number of nitro benzene ring substituents is 1. The summed E-state index contributed by atoms with van der Waals surface area (Å²) in [6, 6.07) is 6.27. The molecule has 2 heterocycles. The highest BCUT2D eigenvalue weighted by molar-refractivity contribution is 8.18. The van der Waals surface area contributed by atoms with Gasteiger partial charge in [-0.15, -0.1) is 10.2 Å². The molecule has 1 fully saturated rings. The number of benzene rings is 1. The number of likely N-dealkylation sites (N-methyl/N-ethyl adjacent to an activating group) is 1. The lowest BCUT2D eigenvalue weighted by Gasteiger charge is -2.05. The molecule has 24 heavy (non-hydrogen) atoms. The standard InChI is InChI=1S/C14H11N5O3S2/c1-8-16-17-13(23-8)15-14-18(2)12(20)11(24-14)7-9-5-3-4-6-10(9)19(21)22/h3-7H,1-2H3/b11-7-,15-14+. The largest absolute Gasteiger partial charge is 0.289 e. The van der Waals surface area contributed by atoms with E-state index in [0.29, 0.717) is 20.8 Å². The van der Waals surface area contributed by atoms with E-state index < -0.39 is 4.92 Å². The molecule has 0 bridgehead atoms. The first-order chi connectivity index (χ1) is 11.5. The second-order valence-electron chi connectivity index (χ2n) is 4.79. The number of nitrogens with zero attached hydrogens (tertiary/aromatic N) is 5. The minimum absolute atomic E-state index is 0.0498. The molecule has 10 heteroatoms. The van der Waals surface area contributed by atoms with E-state index in [9.17, 15) is 14.9 Å². The van der Waals surface area contributed by atoms with Crippen molar-refractivity contribution in [2.24, 2.45) is 4.99 Å². The molecule has 0 radical (unpaired) electrons. The summed E-state index contributed by atoms with van der Waals surface area (Å²) >= 11 is 2.47. The molecule has 8 nitrogen and oxygen atoms in total. The number of amides is 1. The number of para-hydroxylation sites is 1. The molecule has 1 saturated heterocycles. The number of carbonyl (C=O) groups is 1. The Kier molecular flexibility index (Phi) is 4.40. The van der Waals surface area contributed by atoms with Crippen molar-refractivity contribution in [2.75, 3.05) is 7.05 Å². The quantitative estimate of drug-likeness (QED) is 0.473. The Labute approximate surface area is 145 Å². The minimum atomic E-state index is -0.473. The van der Waals surface area contributed by atoms with Crippen molar-refractivity contribution in [3.05, 3.63) is 49.9 Å². The lowest BCUT2D eigenvalue weighted by molar-refractivity contribution is -0.385. The molecule has 0 atom stereocenters. The molecule has 0 saturated carbocycles. The van der Waals surface area contributed by atoms with Crippen molar-refractivity contribution in [3.63, 3.8) is 0 Å². The first-order valence-electron chi connectivity index (χ1n) is 6.75. The summed E-state index contributed by atoms with van der Waals surface area (Å²) < 4.78 is 0. The summed E-state index contributed by atoms with van der Waals surface area (Å²) in [5.74, 6) is -0.266. The number of aliphatic imine (C=N–C) groups is 1. The monoisotopic (exact) mass is 361 g/mol. The number of carbonyl (C=O) groups excluding carboxylic acids is 1. The van der Waals surface area contributed by atoms with Crippen molar-refractivity contribution >= 4 is 51.1 Å². The zero-order chi connectivity index (χ0) is 17.3. The van der Waals surface area contributed by atoms with Crippen LogP contribution < -0.4 is 0 Å². The maximum atomic E-state index is 12.4. The van der Waals surface area contributed by atoms with Gasteiger partial charge >= 0.3 is 0 Å². The lowest BCUT2D eigenvalue weighted by Crippen LogP contribution is -2.23. The second-order valence-corrected chi connectivity index (χ2v) is 6.96. The van der Waals surface area contributed by atoms with Gasteiger partial charge < -0.3 is 0 Å². The van der Waals surface area contributed by atoms with E-state index in [4.69, 9.17) is 0 Å². The van der Waals surface area contributed by atoms with Crippen LogP contribution in [0.5, 0.6) is 0 Å². The Morgan fingerprint density at radius 3 is 2.75 bits per heavy atom. The second kappa shape index (κ2) is 6.49. The first kappa shape index (κ1) is 16.3. The van der Waals surface area contributed by atoms with Gasteiger partial charge in [-0.2, -0.15) is 4.99 Å². The van der Waals surface area contributed by atoms with Gasteiger partial charge in [-0.3, -0.25) is 19.8 Å². The van der Waals surface area contributed by atoms with Gasteiger partial charge in [-0.25, -0.2) is 0 Å². The summed E-state index contributed by atoms with van der Waals surface area (Å²) in [6.45, 7) is 1.82. The Bertz CT molecular complexity index is 890. The topological polar surface area (TPSA) is 102 Å². The van der Waals surface area contributed by atoms with Crippen molar-refractivity contribution < 1.29 is 9.72 Å². The number of amidine groups is 1. The molecule has 1 aliphatic heterocycles. The summed E-state index contributed by atoms with van der Waals surface area (Å²) in [6.07, 6.45) is 1.51. The number of aromatic nitrogens is 2. The van der Waals surface area contributed by atoms with Crippen LogP contribution in [-0.2, 0) is 4.79 Å². The number of thioether (sulfide) groups is 1. The molecule has 0 N–H and O–H groups in total.